The zero-order valence-corrected chi connectivity index (χ0v) is 33.3. The summed E-state index contributed by atoms with van der Waals surface area (Å²) in [5.74, 6) is 0. The number of para-hydroxylation sites is 1. The van der Waals surface area contributed by atoms with E-state index in [0.29, 0.717) is 33.7 Å². The summed E-state index contributed by atoms with van der Waals surface area (Å²) in [6.45, 7) is -6.66. The van der Waals surface area contributed by atoms with Gasteiger partial charge in [-0.25, -0.2) is 0 Å². The van der Waals surface area contributed by atoms with E-state index in [1.807, 2.05) is 36.4 Å². The molecule has 0 saturated heterocycles. The Morgan fingerprint density at radius 1 is 0.561 bits per heavy atom. The van der Waals surface area contributed by atoms with Gasteiger partial charge in [-0.3, -0.25) is 0 Å². The molecule has 0 aliphatic heterocycles. The van der Waals surface area contributed by atoms with Gasteiger partial charge in [0, 0.05) is 55.8 Å². The van der Waals surface area contributed by atoms with Gasteiger partial charge in [-0.15, -0.1) is 53.6 Å². The number of aryl methyl sites for hydroxylation is 7. The molecule has 9 aromatic rings. The van der Waals surface area contributed by atoms with Crippen molar-refractivity contribution in [3.8, 4) is 44.8 Å². The van der Waals surface area contributed by atoms with Crippen LogP contribution in [-0.2, 0) is 45.8 Å². The van der Waals surface area contributed by atoms with Gasteiger partial charge in [-0.2, -0.15) is 0 Å². The third-order valence-corrected chi connectivity index (χ3v) is 10.4. The van der Waals surface area contributed by atoms with E-state index >= 15 is 0 Å². The monoisotopic (exact) mass is 924 g/mol. The third kappa shape index (κ3) is 8.02. The van der Waals surface area contributed by atoms with Crippen molar-refractivity contribution in [1.82, 2.24) is 9.97 Å². The first-order valence-electron chi connectivity index (χ1n) is 23.2. The van der Waals surface area contributed by atoms with Crippen LogP contribution in [0.4, 0.5) is 0 Å². The Morgan fingerprint density at radius 3 is 2.07 bits per heavy atom. The molecule has 0 unspecified atom stereocenters. The van der Waals surface area contributed by atoms with Crippen molar-refractivity contribution >= 4 is 21.9 Å². The van der Waals surface area contributed by atoms with Gasteiger partial charge in [0.15, 0.2) is 0 Å². The molecule has 13 rings (SSSR count). The SMILES string of the molecule is [2H]C([2H])([2H])c1c[c-]c(-c2ccc(C([2H])([2H])[2H])cn2)cc1.[2H]C([2H])([2H])c1cnc(-c2[c-]ccc3c2oc2c(-c4ccccc4)cccc23)cc1-c1cc2ccc1CCc1ccc(cc1)CC2.[Ir]. The van der Waals surface area contributed by atoms with E-state index in [1.54, 1.807) is 12.1 Å². The molecule has 0 saturated carbocycles. The molecule has 6 aromatic carbocycles. The summed E-state index contributed by atoms with van der Waals surface area (Å²) in [4.78, 5) is 8.80. The van der Waals surface area contributed by atoms with Gasteiger partial charge < -0.3 is 14.4 Å². The maximum atomic E-state index is 8.44. The van der Waals surface area contributed by atoms with Crippen molar-refractivity contribution in [3.63, 3.8) is 0 Å². The van der Waals surface area contributed by atoms with E-state index in [9.17, 15) is 0 Å². The molecular weight excluding hydrogens is 873 g/mol. The van der Waals surface area contributed by atoms with Crippen LogP contribution in [0.25, 0.3) is 66.7 Å². The number of pyridine rings is 2. The minimum absolute atomic E-state index is 0. The standard InChI is InChI=1S/C40H30NO.C13H12N.Ir/c1-26-25-41-38(24-36(26)37-23-29-18-17-27-13-15-28(16-14-27)19-21-31(37)22-20-29)35-12-6-11-34-33-10-5-9-32(39(33)42-40(34)35)30-7-3-2-4-8-30;1-10-3-6-12(7-4-10)13-8-5-11(2)9-14-13;/h2-11,13-16,20,22-25H,17-19,21H2,1H3;3-6,8-9H,1-2H3;/q2*-1;/i1D3;1D3,2D3;. The van der Waals surface area contributed by atoms with Gasteiger partial charge in [-0.05, 0) is 101 Å². The summed E-state index contributed by atoms with van der Waals surface area (Å²) < 4.78 is 75.6. The van der Waals surface area contributed by atoms with Crippen LogP contribution in [0.1, 0.15) is 51.3 Å². The Hall–Kier alpha value is -5.93. The molecule has 0 atom stereocenters. The van der Waals surface area contributed by atoms with Crippen LogP contribution >= 0.6 is 0 Å². The Morgan fingerprint density at radius 2 is 1.32 bits per heavy atom. The number of nitrogens with zero attached hydrogens (tertiary/aromatic N) is 2. The molecule has 1 radical (unpaired) electrons. The van der Waals surface area contributed by atoms with Gasteiger partial charge in [0.05, 0.1) is 5.58 Å². The minimum Gasteiger partial charge on any atom is -0.500 e. The molecule has 0 spiro atoms. The predicted molar refractivity (Wildman–Crippen MR) is 231 cm³/mol. The number of hydrogen-bond donors (Lipinski definition) is 0. The van der Waals surface area contributed by atoms with Crippen molar-refractivity contribution in [2.24, 2.45) is 0 Å². The quantitative estimate of drug-likeness (QED) is 0.165. The van der Waals surface area contributed by atoms with E-state index in [4.69, 9.17) is 21.7 Å². The fourth-order valence-electron chi connectivity index (χ4n) is 7.44. The minimum atomic E-state index is -2.33. The van der Waals surface area contributed by atoms with Gasteiger partial charge in [-0.1, -0.05) is 127 Å². The van der Waals surface area contributed by atoms with Crippen molar-refractivity contribution in [3.05, 3.63) is 203 Å². The number of furan rings is 1. The first kappa shape index (κ1) is 28.5. The molecule has 0 N–H and O–H groups in total. The number of rotatable bonds is 4. The van der Waals surface area contributed by atoms with Gasteiger partial charge in [0.25, 0.3) is 0 Å². The second kappa shape index (κ2) is 16.7. The molecule has 3 heterocycles. The molecule has 3 nitrogen and oxygen atoms in total. The number of aromatic nitrogens is 2. The summed E-state index contributed by atoms with van der Waals surface area (Å²) in [6.07, 6.45) is 6.32. The zero-order valence-electron chi connectivity index (χ0n) is 39.9. The topological polar surface area (TPSA) is 38.9 Å². The van der Waals surface area contributed by atoms with Gasteiger partial charge in [0.1, 0.15) is 5.58 Å². The van der Waals surface area contributed by atoms with Crippen molar-refractivity contribution in [1.29, 1.82) is 0 Å². The van der Waals surface area contributed by atoms with E-state index in [-0.39, 0.29) is 36.8 Å². The zero-order chi connectivity index (χ0) is 45.5. The fourth-order valence-corrected chi connectivity index (χ4v) is 7.44. The summed E-state index contributed by atoms with van der Waals surface area (Å²) >= 11 is 0. The van der Waals surface area contributed by atoms with Gasteiger partial charge >= 0.3 is 0 Å². The molecule has 4 aliphatic rings. The van der Waals surface area contributed by atoms with E-state index < -0.39 is 20.6 Å². The third-order valence-electron chi connectivity index (χ3n) is 10.4. The molecule has 4 heteroatoms. The Balaban J connectivity index is 0.000000238. The van der Waals surface area contributed by atoms with Crippen LogP contribution in [0, 0.1) is 32.7 Å². The Kier molecular flexibility index (Phi) is 8.32. The van der Waals surface area contributed by atoms with Crippen molar-refractivity contribution in [2.45, 2.75) is 46.2 Å². The maximum absolute atomic E-state index is 8.44. The first-order valence-corrected chi connectivity index (χ1v) is 18.7. The average molecular weight is 924 g/mol. The molecule has 4 aliphatic carbocycles. The number of hydrogen-bond acceptors (Lipinski definition) is 3. The second-order valence-electron chi connectivity index (χ2n) is 14.1. The fraction of sp³-hybridized carbons (Fsp3) is 0.132. The van der Waals surface area contributed by atoms with E-state index in [2.05, 4.69) is 89.9 Å². The Labute approximate surface area is 361 Å². The normalized spacial score (nSPS) is 15.1. The first-order chi connectivity index (χ1) is 31.1. The molecule has 0 amide bonds. The Bertz CT molecular complexity index is 3090. The van der Waals surface area contributed by atoms with E-state index in [1.165, 1.54) is 47.3 Å². The van der Waals surface area contributed by atoms with Gasteiger partial charge in [0.2, 0.25) is 0 Å². The van der Waals surface area contributed by atoms with E-state index in [0.717, 1.165) is 64.3 Å². The van der Waals surface area contributed by atoms with Crippen LogP contribution in [0.15, 0.2) is 156 Å². The maximum Gasteiger partial charge on any atom is 0.128 e. The largest absolute Gasteiger partial charge is 0.500 e. The molecular formula is C53H42IrN2O-2. The molecule has 3 aromatic heterocycles. The predicted octanol–water partition coefficient (Wildman–Crippen LogP) is 13.1. The van der Waals surface area contributed by atoms with Crippen molar-refractivity contribution < 1.29 is 36.9 Å². The van der Waals surface area contributed by atoms with Crippen molar-refractivity contribution in [2.75, 3.05) is 0 Å². The summed E-state index contributed by atoms with van der Waals surface area (Å²) in [5, 5.41) is 1.99. The molecule has 0 fully saturated rings. The van der Waals surface area contributed by atoms with Crippen LogP contribution in [0.2, 0.25) is 0 Å². The van der Waals surface area contributed by atoms with Crippen LogP contribution in [0.3, 0.4) is 0 Å². The van der Waals surface area contributed by atoms with Crippen LogP contribution in [-0.4, -0.2) is 9.97 Å². The average Bonchev–Trinajstić information content (AvgIpc) is 3.69. The van der Waals surface area contributed by atoms with Crippen LogP contribution < -0.4 is 0 Å². The molecule has 4 bridgehead atoms. The second-order valence-corrected chi connectivity index (χ2v) is 14.1. The number of fused-ring (bicyclic) bond motifs is 3. The summed E-state index contributed by atoms with van der Waals surface area (Å²) in [5.41, 5.74) is 13.3. The molecule has 57 heavy (non-hydrogen) atoms. The molecule has 281 valence electrons. The smallest absolute Gasteiger partial charge is 0.128 e. The van der Waals surface area contributed by atoms with Crippen LogP contribution in [0.5, 0.6) is 0 Å². The summed E-state index contributed by atoms with van der Waals surface area (Å²) in [6, 6.07) is 51.6. The summed E-state index contributed by atoms with van der Waals surface area (Å²) in [7, 11) is 0. The number of benzene rings is 6.